The molecule has 0 saturated heterocycles. The van der Waals surface area contributed by atoms with Gasteiger partial charge in [0.2, 0.25) is 11.8 Å². The Bertz CT molecular complexity index is 1380. The summed E-state index contributed by atoms with van der Waals surface area (Å²) in [6, 6.07) is 19.5. The topological polar surface area (TPSA) is 86.8 Å². The lowest BCUT2D eigenvalue weighted by Gasteiger charge is -2.32. The number of sulfonamides is 1. The Morgan fingerprint density at radius 1 is 0.949 bits per heavy atom. The largest absolute Gasteiger partial charge is 0.354 e. The van der Waals surface area contributed by atoms with E-state index >= 15 is 0 Å². The van der Waals surface area contributed by atoms with Crippen molar-refractivity contribution in [1.82, 2.24) is 10.2 Å². The molecule has 2 amide bonds. The molecule has 1 N–H and O–H groups in total. The van der Waals surface area contributed by atoms with Crippen LogP contribution in [0.25, 0.3) is 0 Å². The van der Waals surface area contributed by atoms with Crippen LogP contribution < -0.4 is 9.62 Å². The third-order valence-corrected chi connectivity index (χ3v) is 8.64. The van der Waals surface area contributed by atoms with Crippen molar-refractivity contribution in [3.05, 3.63) is 94.5 Å². The zero-order chi connectivity index (χ0) is 28.6. The Morgan fingerprint density at radius 2 is 1.59 bits per heavy atom. The minimum atomic E-state index is -4.11. The molecule has 0 saturated carbocycles. The van der Waals surface area contributed by atoms with Gasteiger partial charge in [0.05, 0.1) is 10.6 Å². The van der Waals surface area contributed by atoms with Crippen LogP contribution in [-0.4, -0.2) is 44.3 Å². The summed E-state index contributed by atoms with van der Waals surface area (Å²) in [6.45, 7) is 7.68. The summed E-state index contributed by atoms with van der Waals surface area (Å²) in [6.07, 6.45) is 1.75. The van der Waals surface area contributed by atoms with Gasteiger partial charge in [0, 0.05) is 18.1 Å². The van der Waals surface area contributed by atoms with Gasteiger partial charge in [-0.1, -0.05) is 66.9 Å². The Hall–Kier alpha value is -3.36. The summed E-state index contributed by atoms with van der Waals surface area (Å²) >= 11 is 6.07. The van der Waals surface area contributed by atoms with E-state index in [1.807, 2.05) is 45.0 Å². The highest BCUT2D eigenvalue weighted by molar-refractivity contribution is 7.92. The van der Waals surface area contributed by atoms with Crippen LogP contribution in [0.4, 0.5) is 5.69 Å². The van der Waals surface area contributed by atoms with Crippen molar-refractivity contribution >= 4 is 39.1 Å². The Kier molecular flexibility index (Phi) is 10.5. The number of nitrogens with zero attached hydrogens (tertiary/aromatic N) is 2. The highest BCUT2D eigenvalue weighted by Crippen LogP contribution is 2.26. The lowest BCUT2D eigenvalue weighted by molar-refractivity contribution is -0.139. The van der Waals surface area contributed by atoms with Gasteiger partial charge in [-0.05, 0) is 74.7 Å². The van der Waals surface area contributed by atoms with Gasteiger partial charge in [-0.3, -0.25) is 13.9 Å². The average Bonchev–Trinajstić information content (AvgIpc) is 2.91. The van der Waals surface area contributed by atoms with Crippen molar-refractivity contribution in [2.45, 2.75) is 58.0 Å². The van der Waals surface area contributed by atoms with Crippen molar-refractivity contribution in [3.8, 4) is 0 Å². The quantitative estimate of drug-likeness (QED) is 0.292. The molecule has 0 fully saturated rings. The maximum atomic E-state index is 13.9. The molecule has 0 unspecified atom stereocenters. The molecule has 3 aromatic rings. The number of benzene rings is 3. The van der Waals surface area contributed by atoms with Gasteiger partial charge in [-0.25, -0.2) is 8.42 Å². The number of anilines is 1. The van der Waals surface area contributed by atoms with E-state index in [0.29, 0.717) is 17.3 Å². The molecule has 0 aliphatic carbocycles. The second-order valence-electron chi connectivity index (χ2n) is 9.57. The van der Waals surface area contributed by atoms with E-state index in [2.05, 4.69) is 5.32 Å². The second-order valence-corrected chi connectivity index (χ2v) is 11.9. The van der Waals surface area contributed by atoms with Crippen LogP contribution in [0.5, 0.6) is 0 Å². The normalized spacial score (nSPS) is 12.0. The summed E-state index contributed by atoms with van der Waals surface area (Å²) in [5.41, 5.74) is 3.05. The molecule has 0 bridgehead atoms. The SMILES string of the molecule is CCCCNC(=O)[C@H](C)N(Cc1ccccc1C)C(=O)CN(c1ccc(Cl)cc1)S(=O)(=O)c1ccc(C)cc1. The summed E-state index contributed by atoms with van der Waals surface area (Å²) in [5, 5.41) is 3.33. The van der Waals surface area contributed by atoms with Gasteiger partial charge in [0.15, 0.2) is 0 Å². The highest BCUT2D eigenvalue weighted by Gasteiger charge is 2.32. The molecule has 7 nitrogen and oxygen atoms in total. The van der Waals surface area contributed by atoms with E-state index in [0.717, 1.165) is 33.8 Å². The van der Waals surface area contributed by atoms with E-state index in [4.69, 9.17) is 11.6 Å². The second kappa shape index (κ2) is 13.6. The van der Waals surface area contributed by atoms with Crippen LogP contribution >= 0.6 is 11.6 Å². The van der Waals surface area contributed by atoms with E-state index in [9.17, 15) is 18.0 Å². The van der Waals surface area contributed by atoms with Gasteiger partial charge >= 0.3 is 0 Å². The molecule has 0 aliphatic rings. The summed E-state index contributed by atoms with van der Waals surface area (Å²) < 4.78 is 28.7. The third-order valence-electron chi connectivity index (χ3n) is 6.60. The minimum Gasteiger partial charge on any atom is -0.354 e. The molecule has 1 atom stereocenters. The van der Waals surface area contributed by atoms with Crippen LogP contribution in [0, 0.1) is 13.8 Å². The van der Waals surface area contributed by atoms with Crippen LogP contribution in [-0.2, 0) is 26.2 Å². The number of carbonyl (C=O) groups is 2. The first-order valence-electron chi connectivity index (χ1n) is 13.0. The van der Waals surface area contributed by atoms with Crippen LogP contribution in [0.3, 0.4) is 0 Å². The number of rotatable bonds is 12. The van der Waals surface area contributed by atoms with Crippen LogP contribution in [0.2, 0.25) is 5.02 Å². The van der Waals surface area contributed by atoms with Gasteiger partial charge in [-0.2, -0.15) is 0 Å². The van der Waals surface area contributed by atoms with Crippen molar-refractivity contribution in [2.75, 3.05) is 17.4 Å². The Balaban J connectivity index is 2.00. The Labute approximate surface area is 236 Å². The van der Waals surface area contributed by atoms with E-state index < -0.39 is 28.5 Å². The molecule has 0 aliphatic heterocycles. The predicted octanol–water partition coefficient (Wildman–Crippen LogP) is 5.49. The Morgan fingerprint density at radius 3 is 2.21 bits per heavy atom. The molecule has 208 valence electrons. The number of unbranched alkanes of at least 4 members (excludes halogenated alkanes) is 1. The molecule has 0 radical (unpaired) electrons. The molecule has 9 heteroatoms. The maximum absolute atomic E-state index is 13.9. The molecule has 0 heterocycles. The summed E-state index contributed by atoms with van der Waals surface area (Å²) in [4.78, 5) is 28.5. The number of nitrogens with one attached hydrogen (secondary N) is 1. The van der Waals surface area contributed by atoms with Crippen LogP contribution in [0.1, 0.15) is 43.4 Å². The maximum Gasteiger partial charge on any atom is 0.264 e. The van der Waals surface area contributed by atoms with Gasteiger partial charge in [0.25, 0.3) is 10.0 Å². The first kappa shape index (κ1) is 30.2. The van der Waals surface area contributed by atoms with Crippen molar-refractivity contribution in [2.24, 2.45) is 0 Å². The molecular formula is C30H36ClN3O4S. The lowest BCUT2D eigenvalue weighted by Crippen LogP contribution is -2.51. The first-order chi connectivity index (χ1) is 18.5. The van der Waals surface area contributed by atoms with Gasteiger partial charge in [0.1, 0.15) is 12.6 Å². The minimum absolute atomic E-state index is 0.0617. The van der Waals surface area contributed by atoms with Crippen molar-refractivity contribution in [1.29, 1.82) is 0 Å². The number of hydrogen-bond acceptors (Lipinski definition) is 4. The van der Waals surface area contributed by atoms with Crippen LogP contribution in [0.15, 0.2) is 77.7 Å². The van der Waals surface area contributed by atoms with Crippen molar-refractivity contribution in [3.63, 3.8) is 0 Å². The molecule has 39 heavy (non-hydrogen) atoms. The lowest BCUT2D eigenvalue weighted by atomic mass is 10.1. The average molecular weight is 570 g/mol. The molecular weight excluding hydrogens is 534 g/mol. The molecule has 0 aromatic heterocycles. The standard InChI is InChI=1S/C30H36ClN3O4S/c1-5-6-19-32-30(36)24(4)33(20-25-10-8-7-9-23(25)3)29(35)21-34(27-15-13-26(31)14-16-27)39(37,38)28-17-11-22(2)12-18-28/h7-18,24H,5-6,19-21H2,1-4H3,(H,32,36)/t24-/m0/s1. The van der Waals surface area contributed by atoms with Gasteiger partial charge in [-0.15, -0.1) is 0 Å². The fraction of sp³-hybridized carbons (Fsp3) is 0.333. The predicted molar refractivity (Wildman–Crippen MR) is 156 cm³/mol. The third kappa shape index (κ3) is 7.83. The molecule has 0 spiro atoms. The first-order valence-corrected chi connectivity index (χ1v) is 14.8. The number of aryl methyl sites for hydroxylation is 2. The van der Waals surface area contributed by atoms with E-state index in [1.54, 1.807) is 43.3 Å². The fourth-order valence-electron chi connectivity index (χ4n) is 4.06. The molecule has 3 rings (SSSR count). The summed E-state index contributed by atoms with van der Waals surface area (Å²) in [5.74, 6) is -0.785. The van der Waals surface area contributed by atoms with E-state index in [1.165, 1.54) is 17.0 Å². The number of amides is 2. The van der Waals surface area contributed by atoms with Crippen molar-refractivity contribution < 1.29 is 18.0 Å². The number of halogens is 1. The smallest absolute Gasteiger partial charge is 0.264 e. The van der Waals surface area contributed by atoms with E-state index in [-0.39, 0.29) is 17.3 Å². The zero-order valence-corrected chi connectivity index (χ0v) is 24.4. The zero-order valence-electron chi connectivity index (χ0n) is 22.9. The fourth-order valence-corrected chi connectivity index (χ4v) is 5.60. The number of hydrogen-bond donors (Lipinski definition) is 1. The highest BCUT2D eigenvalue weighted by atomic mass is 35.5. The summed E-state index contributed by atoms with van der Waals surface area (Å²) in [7, 11) is -4.11. The van der Waals surface area contributed by atoms with Gasteiger partial charge < -0.3 is 10.2 Å². The molecule has 3 aromatic carbocycles. The monoisotopic (exact) mass is 569 g/mol. The number of carbonyl (C=O) groups excluding carboxylic acids is 2.